The SMILES string of the molecule is C=CC1CC(C(=C)C)C(C(F)(F)C(F)(F)C(F)(F)C(F)(F)C(F)(F)C(F)(F)C(F)(F)C(F)(F)C(F)(F)C(F)(F)F)C1. The van der Waals surface area contributed by atoms with Gasteiger partial charge in [-0.05, 0) is 31.6 Å². The van der Waals surface area contributed by atoms with Gasteiger partial charge in [0, 0.05) is 5.92 Å². The summed E-state index contributed by atoms with van der Waals surface area (Å²) in [5.41, 5.74) is -0.505. The standard InChI is InChI=1S/C20H15F21/c1-4-8-5-9(7(2)3)10(6-8)11(21,22)12(23,24)13(25,26)14(27,28)15(29,30)16(31,32)17(33,34)18(35,36)19(37,38)20(39,40)41/h4,8-10H,1-2,5-6H2,3H3. The van der Waals surface area contributed by atoms with Crippen molar-refractivity contribution < 1.29 is 92.2 Å². The lowest BCUT2D eigenvalue weighted by Crippen LogP contribution is -2.77. The first kappa shape index (κ1) is 37.0. The third kappa shape index (κ3) is 4.64. The van der Waals surface area contributed by atoms with Crippen LogP contribution in [0.1, 0.15) is 19.8 Å². The van der Waals surface area contributed by atoms with Crippen molar-refractivity contribution in [3.8, 4) is 0 Å². The monoisotopic (exact) mass is 654 g/mol. The molecule has 0 amide bonds. The summed E-state index contributed by atoms with van der Waals surface area (Å²) in [5.74, 6) is -83.3. The van der Waals surface area contributed by atoms with Crippen molar-refractivity contribution in [1.82, 2.24) is 0 Å². The highest BCUT2D eigenvalue weighted by atomic mass is 19.4. The van der Waals surface area contributed by atoms with E-state index in [-0.39, 0.29) is 0 Å². The molecule has 1 rings (SSSR count). The molecular weight excluding hydrogens is 639 g/mol. The van der Waals surface area contributed by atoms with Crippen LogP contribution in [0.4, 0.5) is 92.2 Å². The van der Waals surface area contributed by atoms with E-state index in [1.165, 1.54) is 0 Å². The Labute approximate surface area is 215 Å². The number of alkyl halides is 21. The molecule has 0 N–H and O–H groups in total. The van der Waals surface area contributed by atoms with Gasteiger partial charge in [0.15, 0.2) is 0 Å². The first-order chi connectivity index (χ1) is 17.6. The van der Waals surface area contributed by atoms with Gasteiger partial charge in [-0.25, -0.2) is 0 Å². The minimum atomic E-state index is -9.17. The van der Waals surface area contributed by atoms with E-state index in [0.29, 0.717) is 0 Å². The number of hydrogen-bond donors (Lipinski definition) is 0. The van der Waals surface area contributed by atoms with Crippen molar-refractivity contribution in [3.63, 3.8) is 0 Å². The summed E-state index contributed by atoms with van der Waals surface area (Å²) in [7, 11) is 0. The second-order valence-corrected chi connectivity index (χ2v) is 9.24. The van der Waals surface area contributed by atoms with Crippen molar-refractivity contribution in [1.29, 1.82) is 0 Å². The van der Waals surface area contributed by atoms with E-state index < -0.39 is 95.6 Å². The topological polar surface area (TPSA) is 0 Å². The van der Waals surface area contributed by atoms with Crippen LogP contribution in [0.3, 0.4) is 0 Å². The van der Waals surface area contributed by atoms with Crippen LogP contribution in [-0.2, 0) is 0 Å². The Hall–Kier alpha value is -1.99. The predicted octanol–water partition coefficient (Wildman–Crippen LogP) is 9.67. The lowest BCUT2D eigenvalue weighted by molar-refractivity contribution is -0.475. The maximum absolute atomic E-state index is 14.7. The second kappa shape index (κ2) is 9.77. The third-order valence-electron chi connectivity index (χ3n) is 6.57. The molecule has 1 aliphatic rings. The fourth-order valence-corrected chi connectivity index (χ4v) is 4.02. The summed E-state index contributed by atoms with van der Waals surface area (Å²) in [4.78, 5) is 0. The molecule has 0 bridgehead atoms. The molecule has 0 aromatic heterocycles. The van der Waals surface area contributed by atoms with Crippen molar-refractivity contribution in [2.45, 2.75) is 79.2 Å². The van der Waals surface area contributed by atoms with E-state index in [4.69, 9.17) is 0 Å². The molecule has 1 aliphatic carbocycles. The second-order valence-electron chi connectivity index (χ2n) is 9.24. The molecule has 242 valence electrons. The van der Waals surface area contributed by atoms with Gasteiger partial charge < -0.3 is 0 Å². The van der Waals surface area contributed by atoms with Crippen molar-refractivity contribution >= 4 is 0 Å². The van der Waals surface area contributed by atoms with Crippen molar-refractivity contribution in [2.24, 2.45) is 17.8 Å². The molecule has 0 saturated heterocycles. The molecule has 3 unspecified atom stereocenters. The van der Waals surface area contributed by atoms with Gasteiger partial charge in [0.25, 0.3) is 0 Å². The van der Waals surface area contributed by atoms with Gasteiger partial charge in [-0.3, -0.25) is 0 Å². The molecule has 0 aromatic carbocycles. The van der Waals surface area contributed by atoms with Crippen LogP contribution < -0.4 is 0 Å². The third-order valence-corrected chi connectivity index (χ3v) is 6.57. The van der Waals surface area contributed by atoms with E-state index in [0.717, 1.165) is 13.0 Å². The Morgan fingerprint density at radius 1 is 0.512 bits per heavy atom. The van der Waals surface area contributed by atoms with Gasteiger partial charge >= 0.3 is 59.5 Å². The van der Waals surface area contributed by atoms with Gasteiger partial charge in [0.2, 0.25) is 0 Å². The normalized spacial score (nSPS) is 23.1. The summed E-state index contributed by atoms with van der Waals surface area (Å²) < 4.78 is 285. The van der Waals surface area contributed by atoms with Crippen LogP contribution in [0.2, 0.25) is 0 Å². The number of hydrogen-bond acceptors (Lipinski definition) is 0. The molecule has 0 radical (unpaired) electrons. The summed E-state index contributed by atoms with van der Waals surface area (Å²) in [5, 5.41) is 0. The summed E-state index contributed by atoms with van der Waals surface area (Å²) >= 11 is 0. The zero-order chi connectivity index (χ0) is 33.4. The fraction of sp³-hybridized carbons (Fsp3) is 0.800. The van der Waals surface area contributed by atoms with Crippen LogP contribution in [0, 0.1) is 17.8 Å². The number of rotatable bonds is 11. The Kier molecular flexibility index (Phi) is 8.82. The minimum Gasteiger partial charge on any atom is -0.199 e. The van der Waals surface area contributed by atoms with Crippen molar-refractivity contribution in [3.05, 3.63) is 24.8 Å². The van der Waals surface area contributed by atoms with E-state index in [2.05, 4.69) is 13.2 Å². The van der Waals surface area contributed by atoms with E-state index in [1.54, 1.807) is 0 Å². The van der Waals surface area contributed by atoms with Crippen LogP contribution >= 0.6 is 0 Å². The van der Waals surface area contributed by atoms with E-state index >= 15 is 0 Å². The predicted molar refractivity (Wildman–Crippen MR) is 95.3 cm³/mol. The number of allylic oxidation sites excluding steroid dienone is 2. The Bertz CT molecular complexity index is 1000. The lowest BCUT2D eigenvalue weighted by atomic mass is 9.79. The average Bonchev–Trinajstić information content (AvgIpc) is 3.23. The fourth-order valence-electron chi connectivity index (χ4n) is 4.02. The number of halogens is 21. The van der Waals surface area contributed by atoms with Crippen molar-refractivity contribution in [2.75, 3.05) is 0 Å². The average molecular weight is 654 g/mol. The molecule has 3 atom stereocenters. The first-order valence-electron chi connectivity index (χ1n) is 10.4. The molecule has 0 heterocycles. The molecule has 0 nitrogen and oxygen atoms in total. The Morgan fingerprint density at radius 3 is 1.07 bits per heavy atom. The summed E-state index contributed by atoms with van der Waals surface area (Å²) in [6.07, 6.45) is -9.20. The van der Waals surface area contributed by atoms with Gasteiger partial charge in [0.05, 0.1) is 0 Å². The first-order valence-corrected chi connectivity index (χ1v) is 10.4. The van der Waals surface area contributed by atoms with Gasteiger partial charge in [0.1, 0.15) is 0 Å². The quantitative estimate of drug-likeness (QED) is 0.154. The van der Waals surface area contributed by atoms with Gasteiger partial charge in [-0.15, -0.1) is 6.58 Å². The Morgan fingerprint density at radius 2 is 0.805 bits per heavy atom. The molecule has 0 spiro atoms. The van der Waals surface area contributed by atoms with Crippen LogP contribution in [-0.4, -0.2) is 59.5 Å². The summed E-state index contributed by atoms with van der Waals surface area (Å²) in [6.45, 7) is 6.96. The molecule has 0 aromatic rings. The van der Waals surface area contributed by atoms with Gasteiger partial charge in [-0.2, -0.15) is 92.2 Å². The van der Waals surface area contributed by atoms with Gasteiger partial charge in [-0.1, -0.05) is 18.2 Å². The molecule has 21 heteroatoms. The highest BCUT2D eigenvalue weighted by Crippen LogP contribution is 2.67. The molecule has 1 fully saturated rings. The highest BCUT2D eigenvalue weighted by molar-refractivity contribution is 5.20. The van der Waals surface area contributed by atoms with Crippen LogP contribution in [0.25, 0.3) is 0 Å². The zero-order valence-corrected chi connectivity index (χ0v) is 19.6. The largest absolute Gasteiger partial charge is 0.460 e. The molecular formula is C20H15F21. The Balaban J connectivity index is 3.81. The van der Waals surface area contributed by atoms with E-state index in [9.17, 15) is 92.2 Å². The maximum Gasteiger partial charge on any atom is 0.460 e. The minimum absolute atomic E-state index is 0.505. The van der Waals surface area contributed by atoms with Crippen LogP contribution in [0.15, 0.2) is 24.8 Å². The molecule has 41 heavy (non-hydrogen) atoms. The maximum atomic E-state index is 14.7. The van der Waals surface area contributed by atoms with E-state index in [1.807, 2.05) is 0 Å². The smallest absolute Gasteiger partial charge is 0.199 e. The zero-order valence-electron chi connectivity index (χ0n) is 19.6. The highest BCUT2D eigenvalue weighted by Gasteiger charge is 2.98. The van der Waals surface area contributed by atoms with Crippen LogP contribution in [0.5, 0.6) is 0 Å². The molecule has 0 aliphatic heterocycles. The summed E-state index contributed by atoms with van der Waals surface area (Å²) in [6, 6.07) is 0. The molecule has 1 saturated carbocycles. The lowest BCUT2D eigenvalue weighted by Gasteiger charge is -2.45.